The highest BCUT2D eigenvalue weighted by Crippen LogP contribution is 2.32. The van der Waals surface area contributed by atoms with E-state index in [0.29, 0.717) is 13.2 Å². The predicted octanol–water partition coefficient (Wildman–Crippen LogP) is 3.86. The molecule has 2 N–H and O–H groups in total. The molecule has 0 saturated heterocycles. The van der Waals surface area contributed by atoms with E-state index in [1.807, 2.05) is 32.0 Å². The molecule has 29 heavy (non-hydrogen) atoms. The molecule has 1 aliphatic carbocycles. The van der Waals surface area contributed by atoms with E-state index in [4.69, 9.17) is 9.47 Å². The molecule has 1 heterocycles. The number of hydrogen-bond acceptors (Lipinski definition) is 4. The molecule has 1 aliphatic heterocycles. The SMILES string of the molecule is C[C@H](NCC(=O)N[C@H](C)c1ccc2c(c1)CCCC2)c1ccc2c(c1)OCCO2. The summed E-state index contributed by atoms with van der Waals surface area (Å²) in [5, 5.41) is 6.42. The molecule has 2 atom stereocenters. The van der Waals surface area contributed by atoms with E-state index in [2.05, 4.69) is 28.8 Å². The zero-order chi connectivity index (χ0) is 20.2. The van der Waals surface area contributed by atoms with Gasteiger partial charge in [0.15, 0.2) is 11.5 Å². The third kappa shape index (κ3) is 4.73. The third-order valence-corrected chi connectivity index (χ3v) is 5.89. The van der Waals surface area contributed by atoms with Crippen molar-refractivity contribution in [2.45, 2.75) is 51.6 Å². The highest BCUT2D eigenvalue weighted by Gasteiger charge is 2.17. The van der Waals surface area contributed by atoms with Gasteiger partial charge >= 0.3 is 0 Å². The van der Waals surface area contributed by atoms with Crippen LogP contribution in [0.15, 0.2) is 36.4 Å². The lowest BCUT2D eigenvalue weighted by Crippen LogP contribution is -2.36. The summed E-state index contributed by atoms with van der Waals surface area (Å²) in [6.07, 6.45) is 4.88. The number of rotatable bonds is 6. The van der Waals surface area contributed by atoms with Gasteiger partial charge in [-0.25, -0.2) is 0 Å². The summed E-state index contributed by atoms with van der Waals surface area (Å²) >= 11 is 0. The molecule has 0 radical (unpaired) electrons. The maximum Gasteiger partial charge on any atom is 0.234 e. The van der Waals surface area contributed by atoms with Crippen molar-refractivity contribution >= 4 is 5.91 Å². The van der Waals surface area contributed by atoms with Crippen LogP contribution in [0.5, 0.6) is 11.5 Å². The largest absolute Gasteiger partial charge is 0.486 e. The van der Waals surface area contributed by atoms with Gasteiger partial charge in [-0.05, 0) is 73.9 Å². The van der Waals surface area contributed by atoms with Crippen molar-refractivity contribution in [2.24, 2.45) is 0 Å². The van der Waals surface area contributed by atoms with E-state index in [1.165, 1.54) is 36.0 Å². The standard InChI is InChI=1S/C24H30N2O3/c1-16(20-9-10-22-23(14-20)29-12-11-28-22)25-15-24(27)26-17(2)19-8-7-18-5-3-4-6-21(18)13-19/h7-10,13-14,16-17,25H,3-6,11-12,15H2,1-2H3,(H,26,27)/t16-,17+/m0/s1. The number of carbonyl (C=O) groups is 1. The molecule has 1 amide bonds. The topological polar surface area (TPSA) is 59.6 Å². The molecule has 5 heteroatoms. The molecule has 5 nitrogen and oxygen atoms in total. The number of hydrogen-bond donors (Lipinski definition) is 2. The summed E-state index contributed by atoms with van der Waals surface area (Å²) in [7, 11) is 0. The van der Waals surface area contributed by atoms with Crippen LogP contribution in [0.4, 0.5) is 0 Å². The Labute approximate surface area is 172 Å². The summed E-state index contributed by atoms with van der Waals surface area (Å²) in [5.41, 5.74) is 5.16. The first-order valence-electron chi connectivity index (χ1n) is 10.6. The molecule has 0 aromatic heterocycles. The average Bonchev–Trinajstić information content (AvgIpc) is 2.76. The number of aryl methyl sites for hydroxylation is 2. The van der Waals surface area contributed by atoms with Crippen LogP contribution in [0.2, 0.25) is 0 Å². The Hall–Kier alpha value is -2.53. The van der Waals surface area contributed by atoms with Crippen LogP contribution in [0.1, 0.15) is 61.0 Å². The maximum absolute atomic E-state index is 12.5. The zero-order valence-corrected chi connectivity index (χ0v) is 17.3. The van der Waals surface area contributed by atoms with Gasteiger partial charge in [0, 0.05) is 6.04 Å². The smallest absolute Gasteiger partial charge is 0.234 e. The van der Waals surface area contributed by atoms with E-state index in [9.17, 15) is 4.79 Å². The maximum atomic E-state index is 12.5. The summed E-state index contributed by atoms with van der Waals surface area (Å²) in [6, 6.07) is 12.6. The van der Waals surface area contributed by atoms with Gasteiger partial charge in [-0.3, -0.25) is 4.79 Å². The van der Waals surface area contributed by atoms with Crippen molar-refractivity contribution in [1.29, 1.82) is 0 Å². The Morgan fingerprint density at radius 2 is 1.59 bits per heavy atom. The van der Waals surface area contributed by atoms with Crippen LogP contribution in [-0.2, 0) is 17.6 Å². The molecule has 0 bridgehead atoms. The van der Waals surface area contributed by atoms with Crippen molar-refractivity contribution < 1.29 is 14.3 Å². The number of carbonyl (C=O) groups excluding carboxylic acids is 1. The van der Waals surface area contributed by atoms with Gasteiger partial charge < -0.3 is 20.1 Å². The molecule has 0 unspecified atom stereocenters. The molecule has 0 fully saturated rings. The fourth-order valence-corrected chi connectivity index (χ4v) is 4.09. The molecule has 4 rings (SSSR count). The molecule has 0 spiro atoms. The Morgan fingerprint density at radius 1 is 0.897 bits per heavy atom. The summed E-state index contributed by atoms with van der Waals surface area (Å²) in [5.74, 6) is 1.55. The second kappa shape index (κ2) is 8.87. The summed E-state index contributed by atoms with van der Waals surface area (Å²) < 4.78 is 11.2. The van der Waals surface area contributed by atoms with Crippen LogP contribution in [0.3, 0.4) is 0 Å². The van der Waals surface area contributed by atoms with Gasteiger partial charge in [0.2, 0.25) is 5.91 Å². The van der Waals surface area contributed by atoms with Crippen LogP contribution >= 0.6 is 0 Å². The van der Waals surface area contributed by atoms with E-state index in [0.717, 1.165) is 23.5 Å². The minimum atomic E-state index is -0.000357. The molecule has 154 valence electrons. The minimum absolute atomic E-state index is 0.000357. The van der Waals surface area contributed by atoms with Crippen LogP contribution in [-0.4, -0.2) is 25.7 Å². The van der Waals surface area contributed by atoms with E-state index in [-0.39, 0.29) is 24.5 Å². The normalized spacial score (nSPS) is 17.2. The first-order valence-corrected chi connectivity index (χ1v) is 10.6. The monoisotopic (exact) mass is 394 g/mol. The molecule has 2 aliphatic rings. The fraction of sp³-hybridized carbons (Fsp3) is 0.458. The van der Waals surface area contributed by atoms with Crippen LogP contribution in [0, 0.1) is 0 Å². The molecule has 2 aromatic rings. The first-order chi connectivity index (χ1) is 14.1. The van der Waals surface area contributed by atoms with Crippen molar-refractivity contribution in [3.63, 3.8) is 0 Å². The quantitative estimate of drug-likeness (QED) is 0.781. The van der Waals surface area contributed by atoms with Crippen molar-refractivity contribution in [3.05, 3.63) is 58.7 Å². The molecule has 0 saturated carbocycles. The summed E-state index contributed by atoms with van der Waals surface area (Å²) in [6.45, 7) is 5.52. The summed E-state index contributed by atoms with van der Waals surface area (Å²) in [4.78, 5) is 12.5. The highest BCUT2D eigenvalue weighted by atomic mass is 16.6. The predicted molar refractivity (Wildman–Crippen MR) is 113 cm³/mol. The lowest BCUT2D eigenvalue weighted by molar-refractivity contribution is -0.121. The lowest BCUT2D eigenvalue weighted by Gasteiger charge is -2.22. The minimum Gasteiger partial charge on any atom is -0.486 e. The van der Waals surface area contributed by atoms with E-state index < -0.39 is 0 Å². The van der Waals surface area contributed by atoms with Gasteiger partial charge in [-0.1, -0.05) is 24.3 Å². The molecular formula is C24H30N2O3. The Balaban J connectivity index is 1.30. The van der Waals surface area contributed by atoms with Gasteiger partial charge in [-0.2, -0.15) is 0 Å². The number of ether oxygens (including phenoxy) is 2. The Bertz CT molecular complexity index is 880. The van der Waals surface area contributed by atoms with Crippen LogP contribution < -0.4 is 20.1 Å². The lowest BCUT2D eigenvalue weighted by atomic mass is 9.89. The number of benzene rings is 2. The van der Waals surface area contributed by atoms with E-state index >= 15 is 0 Å². The average molecular weight is 395 g/mol. The molecular weight excluding hydrogens is 364 g/mol. The number of fused-ring (bicyclic) bond motifs is 2. The first kappa shape index (κ1) is 19.8. The number of nitrogens with one attached hydrogen (secondary N) is 2. The second-order valence-corrected chi connectivity index (χ2v) is 8.03. The van der Waals surface area contributed by atoms with Crippen molar-refractivity contribution in [1.82, 2.24) is 10.6 Å². The zero-order valence-electron chi connectivity index (χ0n) is 17.3. The number of amides is 1. The van der Waals surface area contributed by atoms with E-state index in [1.54, 1.807) is 0 Å². The van der Waals surface area contributed by atoms with Crippen LogP contribution in [0.25, 0.3) is 0 Å². The third-order valence-electron chi connectivity index (χ3n) is 5.89. The van der Waals surface area contributed by atoms with Gasteiger partial charge in [-0.15, -0.1) is 0 Å². The van der Waals surface area contributed by atoms with Gasteiger partial charge in [0.05, 0.1) is 12.6 Å². The Morgan fingerprint density at radius 3 is 2.41 bits per heavy atom. The Kier molecular flexibility index (Phi) is 6.05. The van der Waals surface area contributed by atoms with Crippen molar-refractivity contribution in [3.8, 4) is 11.5 Å². The highest BCUT2D eigenvalue weighted by molar-refractivity contribution is 5.78. The van der Waals surface area contributed by atoms with Crippen molar-refractivity contribution in [2.75, 3.05) is 19.8 Å². The van der Waals surface area contributed by atoms with Gasteiger partial charge in [0.25, 0.3) is 0 Å². The fourth-order valence-electron chi connectivity index (χ4n) is 4.09. The molecule has 2 aromatic carbocycles. The van der Waals surface area contributed by atoms with Gasteiger partial charge in [0.1, 0.15) is 13.2 Å². The second-order valence-electron chi connectivity index (χ2n) is 8.03.